The Hall–Kier alpha value is -0.120. The van der Waals surface area contributed by atoms with E-state index in [9.17, 15) is 0 Å². The first-order valence-corrected chi connectivity index (χ1v) is 7.40. The van der Waals surface area contributed by atoms with Crippen LogP contribution in [-0.4, -0.2) is 44.3 Å². The highest BCUT2D eigenvalue weighted by Crippen LogP contribution is 2.33. The maximum atomic E-state index is 6.31. The van der Waals surface area contributed by atoms with E-state index in [4.69, 9.17) is 10.5 Å². The molecule has 0 radical (unpaired) electrons. The van der Waals surface area contributed by atoms with E-state index in [0.717, 1.165) is 25.0 Å². The van der Waals surface area contributed by atoms with E-state index in [-0.39, 0.29) is 0 Å². The summed E-state index contributed by atoms with van der Waals surface area (Å²) in [6, 6.07) is 0.860. The van der Waals surface area contributed by atoms with Crippen LogP contribution in [0.5, 0.6) is 0 Å². The third-order valence-corrected chi connectivity index (χ3v) is 4.71. The lowest BCUT2D eigenvalue weighted by Crippen LogP contribution is -2.45. The summed E-state index contributed by atoms with van der Waals surface area (Å²) in [6.07, 6.45) is 3.80. The molecule has 0 spiro atoms. The average molecular weight is 256 g/mol. The van der Waals surface area contributed by atoms with Gasteiger partial charge < -0.3 is 15.4 Å². The lowest BCUT2D eigenvalue weighted by atomic mass is 9.73. The molecule has 0 aliphatic heterocycles. The Labute approximate surface area is 113 Å². The van der Waals surface area contributed by atoms with Crippen LogP contribution in [-0.2, 0) is 4.74 Å². The fourth-order valence-corrected chi connectivity index (χ4v) is 3.06. The highest BCUT2D eigenvalue weighted by atomic mass is 16.5. The van der Waals surface area contributed by atoms with Crippen molar-refractivity contribution in [3.63, 3.8) is 0 Å². The van der Waals surface area contributed by atoms with E-state index < -0.39 is 0 Å². The number of rotatable bonds is 6. The monoisotopic (exact) mass is 256 g/mol. The smallest absolute Gasteiger partial charge is 0.0615 e. The molecule has 2 N–H and O–H groups in total. The molecule has 0 bridgehead atoms. The van der Waals surface area contributed by atoms with Gasteiger partial charge in [0.1, 0.15) is 0 Å². The van der Waals surface area contributed by atoms with Gasteiger partial charge in [0, 0.05) is 25.7 Å². The van der Waals surface area contributed by atoms with Gasteiger partial charge in [0.2, 0.25) is 0 Å². The van der Waals surface area contributed by atoms with E-state index in [0.29, 0.717) is 18.0 Å². The van der Waals surface area contributed by atoms with Gasteiger partial charge in [-0.15, -0.1) is 0 Å². The van der Waals surface area contributed by atoms with Crippen molar-refractivity contribution in [2.45, 2.75) is 52.1 Å². The van der Waals surface area contributed by atoms with Gasteiger partial charge >= 0.3 is 0 Å². The Balaban J connectivity index is 2.47. The molecule has 0 aromatic rings. The molecule has 1 aliphatic rings. The normalized spacial score (nSPS) is 31.0. The first-order chi connectivity index (χ1) is 8.45. The van der Waals surface area contributed by atoms with Crippen LogP contribution >= 0.6 is 0 Å². The van der Waals surface area contributed by atoms with Gasteiger partial charge in [-0.25, -0.2) is 0 Å². The molecule has 4 atom stereocenters. The summed E-state index contributed by atoms with van der Waals surface area (Å²) in [6.45, 7) is 8.81. The van der Waals surface area contributed by atoms with Crippen LogP contribution in [0.2, 0.25) is 0 Å². The molecule has 4 unspecified atom stereocenters. The molecule has 1 aliphatic carbocycles. The van der Waals surface area contributed by atoms with Crippen molar-refractivity contribution in [3.05, 3.63) is 0 Å². The van der Waals surface area contributed by atoms with Gasteiger partial charge in [-0.3, -0.25) is 0 Å². The number of nitrogens with two attached hydrogens (primary N) is 1. The minimum atomic E-state index is 0.386. The molecular formula is C15H32N2O. The number of ether oxygens (including phenoxy) is 1. The zero-order chi connectivity index (χ0) is 13.7. The van der Waals surface area contributed by atoms with Crippen LogP contribution in [0.25, 0.3) is 0 Å². The van der Waals surface area contributed by atoms with Crippen molar-refractivity contribution in [2.75, 3.05) is 27.3 Å². The molecule has 0 heterocycles. The van der Waals surface area contributed by atoms with Crippen LogP contribution in [0.1, 0.15) is 40.0 Å². The second kappa shape index (κ2) is 7.46. The van der Waals surface area contributed by atoms with Gasteiger partial charge in [-0.05, 0) is 51.0 Å². The average Bonchev–Trinajstić information content (AvgIpc) is 2.31. The molecule has 0 aromatic heterocycles. The van der Waals surface area contributed by atoms with Crippen LogP contribution in [0.4, 0.5) is 0 Å². The van der Waals surface area contributed by atoms with Crippen molar-refractivity contribution in [3.8, 4) is 0 Å². The number of hydrogen-bond donors (Lipinski definition) is 1. The predicted octanol–water partition coefficient (Wildman–Crippen LogP) is 2.35. The van der Waals surface area contributed by atoms with Crippen LogP contribution in [0, 0.1) is 17.8 Å². The summed E-state index contributed by atoms with van der Waals surface area (Å²) in [7, 11) is 3.96. The molecule has 18 heavy (non-hydrogen) atoms. The quantitative estimate of drug-likeness (QED) is 0.793. The van der Waals surface area contributed by atoms with Gasteiger partial charge in [0.15, 0.2) is 0 Å². The van der Waals surface area contributed by atoms with Gasteiger partial charge in [0.05, 0.1) is 6.61 Å². The highest BCUT2D eigenvalue weighted by Gasteiger charge is 2.30. The minimum Gasteiger partial charge on any atom is -0.383 e. The van der Waals surface area contributed by atoms with Crippen LogP contribution < -0.4 is 5.73 Å². The standard InChI is InChI=1S/C15H32N2O/c1-11(2)13-6-7-15(16)14(8-13)9-17(4)12(3)10-18-5/h11-15H,6-10,16H2,1-5H3. The molecule has 1 saturated carbocycles. The Morgan fingerprint density at radius 3 is 2.50 bits per heavy atom. The second-order valence-electron chi connectivity index (χ2n) is 6.49. The molecular weight excluding hydrogens is 224 g/mol. The summed E-state index contributed by atoms with van der Waals surface area (Å²) in [5, 5.41) is 0. The highest BCUT2D eigenvalue weighted by molar-refractivity contribution is 4.85. The van der Waals surface area contributed by atoms with Crippen LogP contribution in [0.3, 0.4) is 0 Å². The molecule has 1 fully saturated rings. The van der Waals surface area contributed by atoms with Crippen LogP contribution in [0.15, 0.2) is 0 Å². The zero-order valence-corrected chi connectivity index (χ0v) is 12.9. The lowest BCUT2D eigenvalue weighted by Gasteiger charge is -2.39. The molecule has 0 saturated heterocycles. The van der Waals surface area contributed by atoms with Gasteiger partial charge in [-0.1, -0.05) is 13.8 Å². The fraction of sp³-hybridized carbons (Fsp3) is 1.00. The predicted molar refractivity (Wildman–Crippen MR) is 77.6 cm³/mol. The summed E-state index contributed by atoms with van der Waals surface area (Å²) in [4.78, 5) is 2.40. The van der Waals surface area contributed by atoms with Crippen molar-refractivity contribution < 1.29 is 4.74 Å². The number of likely N-dealkylation sites (N-methyl/N-ethyl adjacent to an activating group) is 1. The topological polar surface area (TPSA) is 38.5 Å². The van der Waals surface area contributed by atoms with E-state index in [1.54, 1.807) is 7.11 Å². The maximum Gasteiger partial charge on any atom is 0.0615 e. The first-order valence-electron chi connectivity index (χ1n) is 7.40. The fourth-order valence-electron chi connectivity index (χ4n) is 3.06. The maximum absolute atomic E-state index is 6.31. The van der Waals surface area contributed by atoms with Crippen molar-refractivity contribution >= 4 is 0 Å². The number of nitrogens with zero attached hydrogens (tertiary/aromatic N) is 1. The van der Waals surface area contributed by atoms with Crippen molar-refractivity contribution in [2.24, 2.45) is 23.5 Å². The Morgan fingerprint density at radius 1 is 1.28 bits per heavy atom. The van der Waals surface area contributed by atoms with E-state index in [2.05, 4.69) is 32.7 Å². The lowest BCUT2D eigenvalue weighted by molar-refractivity contribution is 0.0848. The molecule has 3 heteroatoms. The van der Waals surface area contributed by atoms with E-state index in [1.165, 1.54) is 19.3 Å². The first kappa shape index (κ1) is 15.9. The Bertz CT molecular complexity index is 233. The van der Waals surface area contributed by atoms with Gasteiger partial charge in [0.25, 0.3) is 0 Å². The number of methoxy groups -OCH3 is 1. The third kappa shape index (κ3) is 4.52. The largest absolute Gasteiger partial charge is 0.383 e. The van der Waals surface area contributed by atoms with E-state index >= 15 is 0 Å². The summed E-state index contributed by atoms with van der Waals surface area (Å²) < 4.78 is 5.23. The molecule has 0 amide bonds. The Morgan fingerprint density at radius 2 is 1.94 bits per heavy atom. The molecule has 0 aromatic carbocycles. The second-order valence-corrected chi connectivity index (χ2v) is 6.49. The minimum absolute atomic E-state index is 0.386. The van der Waals surface area contributed by atoms with E-state index in [1.807, 2.05) is 0 Å². The van der Waals surface area contributed by atoms with Gasteiger partial charge in [-0.2, -0.15) is 0 Å². The number of hydrogen-bond acceptors (Lipinski definition) is 3. The summed E-state index contributed by atoms with van der Waals surface area (Å²) >= 11 is 0. The molecule has 1 rings (SSSR count). The third-order valence-electron chi connectivity index (χ3n) is 4.71. The zero-order valence-electron chi connectivity index (χ0n) is 12.9. The summed E-state index contributed by atoms with van der Waals surface area (Å²) in [5.41, 5.74) is 6.31. The Kier molecular flexibility index (Phi) is 6.61. The SMILES string of the molecule is COCC(C)N(C)CC1CC(C(C)C)CCC1N. The van der Waals surface area contributed by atoms with Crippen molar-refractivity contribution in [1.29, 1.82) is 0 Å². The molecule has 3 nitrogen and oxygen atoms in total. The molecule has 108 valence electrons. The summed E-state index contributed by atoms with van der Waals surface area (Å²) in [5.74, 6) is 2.30. The van der Waals surface area contributed by atoms with Crippen molar-refractivity contribution in [1.82, 2.24) is 4.90 Å².